The van der Waals surface area contributed by atoms with Gasteiger partial charge in [0.15, 0.2) is 5.65 Å². The molecule has 3 heterocycles. The average molecular weight is 442 g/mol. The first-order valence-corrected chi connectivity index (χ1v) is 10.6. The molecule has 7 heteroatoms. The number of para-hydroxylation sites is 1. The van der Waals surface area contributed by atoms with Crippen molar-refractivity contribution < 1.29 is 0 Å². The van der Waals surface area contributed by atoms with E-state index in [1.54, 1.807) is 27.5 Å². The maximum atomic E-state index is 13.6. The van der Waals surface area contributed by atoms with Gasteiger partial charge in [-0.2, -0.15) is 5.10 Å². The molecule has 3 aromatic heterocycles. The van der Waals surface area contributed by atoms with Crippen LogP contribution in [-0.4, -0.2) is 19.2 Å². The largest absolute Gasteiger partial charge is 0.376 e. The predicted octanol–water partition coefficient (Wildman–Crippen LogP) is 5.01. The molecule has 5 aromatic rings. The number of halogens is 1. The summed E-state index contributed by atoms with van der Waals surface area (Å²) in [6.07, 6.45) is 3.43. The van der Waals surface area contributed by atoms with Crippen LogP contribution in [0.2, 0.25) is 5.02 Å². The second-order valence-electron chi connectivity index (χ2n) is 7.53. The van der Waals surface area contributed by atoms with E-state index >= 15 is 0 Å². The minimum Gasteiger partial charge on any atom is -0.376 e. The summed E-state index contributed by atoms with van der Waals surface area (Å²) >= 11 is 6.40. The molecule has 0 bridgehead atoms. The molecule has 1 atom stereocenters. The highest BCUT2D eigenvalue weighted by molar-refractivity contribution is 6.35. The third-order valence-corrected chi connectivity index (χ3v) is 5.78. The summed E-state index contributed by atoms with van der Waals surface area (Å²) in [6.45, 7) is 6.19. The molecular weight excluding hydrogens is 422 g/mol. The number of rotatable bonds is 5. The van der Waals surface area contributed by atoms with Gasteiger partial charge >= 0.3 is 0 Å². The Morgan fingerprint density at radius 2 is 1.91 bits per heavy atom. The molecular formula is C25H20ClN5O. The zero-order valence-electron chi connectivity index (χ0n) is 17.4. The predicted molar refractivity (Wildman–Crippen MR) is 128 cm³/mol. The zero-order chi connectivity index (χ0) is 22.2. The molecule has 2 aromatic carbocycles. The van der Waals surface area contributed by atoms with Crippen molar-refractivity contribution in [2.45, 2.75) is 13.0 Å². The highest BCUT2D eigenvalue weighted by Gasteiger charge is 2.19. The summed E-state index contributed by atoms with van der Waals surface area (Å²) in [5, 5.41) is 9.50. The van der Waals surface area contributed by atoms with Crippen molar-refractivity contribution >= 4 is 33.7 Å². The number of hydrogen-bond acceptors (Lipinski definition) is 4. The van der Waals surface area contributed by atoms with Crippen molar-refractivity contribution in [3.8, 4) is 5.69 Å². The van der Waals surface area contributed by atoms with E-state index < -0.39 is 0 Å². The Hall–Kier alpha value is -3.90. The summed E-state index contributed by atoms with van der Waals surface area (Å²) in [4.78, 5) is 17.9. The highest BCUT2D eigenvalue weighted by atomic mass is 35.5. The SMILES string of the molecule is C=C(N[C@@H](C)c1cc2cccc(Cl)c2c(=O)n1-c1ccccc1)c1cnc2cccnn12. The van der Waals surface area contributed by atoms with Gasteiger partial charge in [0.25, 0.3) is 5.56 Å². The van der Waals surface area contributed by atoms with Crippen LogP contribution in [-0.2, 0) is 0 Å². The van der Waals surface area contributed by atoms with Gasteiger partial charge in [0.05, 0.1) is 28.3 Å². The first-order chi connectivity index (χ1) is 15.5. The van der Waals surface area contributed by atoms with Gasteiger partial charge in [-0.25, -0.2) is 9.50 Å². The summed E-state index contributed by atoms with van der Waals surface area (Å²) in [7, 11) is 0. The number of fused-ring (bicyclic) bond motifs is 2. The Morgan fingerprint density at radius 1 is 1.09 bits per heavy atom. The van der Waals surface area contributed by atoms with Gasteiger partial charge in [-0.1, -0.05) is 48.5 Å². The first kappa shape index (κ1) is 20.0. The van der Waals surface area contributed by atoms with E-state index in [2.05, 4.69) is 22.0 Å². The molecule has 0 aliphatic rings. The second-order valence-corrected chi connectivity index (χ2v) is 7.94. The first-order valence-electron chi connectivity index (χ1n) is 10.2. The summed E-state index contributed by atoms with van der Waals surface area (Å²) in [5.41, 5.74) is 3.54. The van der Waals surface area contributed by atoms with Crippen LogP contribution in [0.15, 0.2) is 90.5 Å². The normalized spacial score (nSPS) is 12.2. The second kappa shape index (κ2) is 7.98. The lowest BCUT2D eigenvalue weighted by Crippen LogP contribution is -2.28. The lowest BCUT2D eigenvalue weighted by molar-refractivity contribution is 0.648. The van der Waals surface area contributed by atoms with Crippen LogP contribution in [0, 0.1) is 0 Å². The van der Waals surface area contributed by atoms with Crippen molar-refractivity contribution in [3.05, 3.63) is 112 Å². The minimum absolute atomic E-state index is 0.162. The maximum absolute atomic E-state index is 13.6. The van der Waals surface area contributed by atoms with Gasteiger partial charge in [0.1, 0.15) is 5.69 Å². The Kier molecular flexibility index (Phi) is 4.99. The Morgan fingerprint density at radius 3 is 2.72 bits per heavy atom. The molecule has 0 fully saturated rings. The van der Waals surface area contributed by atoms with Crippen LogP contribution in [0.4, 0.5) is 0 Å². The summed E-state index contributed by atoms with van der Waals surface area (Å²) in [5.74, 6) is 0. The number of aromatic nitrogens is 4. The fraction of sp³-hybridized carbons (Fsp3) is 0.0800. The van der Waals surface area contributed by atoms with Crippen molar-refractivity contribution in [2.75, 3.05) is 0 Å². The third kappa shape index (κ3) is 3.35. The molecule has 158 valence electrons. The number of nitrogens with one attached hydrogen (secondary N) is 1. The smallest absolute Gasteiger partial charge is 0.264 e. The van der Waals surface area contributed by atoms with E-state index in [1.165, 1.54) is 0 Å². The van der Waals surface area contributed by atoms with E-state index in [0.29, 0.717) is 16.1 Å². The van der Waals surface area contributed by atoms with Gasteiger partial charge in [-0.05, 0) is 48.7 Å². The minimum atomic E-state index is -0.243. The fourth-order valence-electron chi connectivity index (χ4n) is 3.95. The number of nitrogens with zero attached hydrogens (tertiary/aromatic N) is 4. The van der Waals surface area contributed by atoms with Gasteiger partial charge in [0, 0.05) is 17.6 Å². The molecule has 0 radical (unpaired) electrons. The third-order valence-electron chi connectivity index (χ3n) is 5.46. The number of hydrogen-bond donors (Lipinski definition) is 1. The van der Waals surface area contributed by atoms with E-state index in [0.717, 1.165) is 28.1 Å². The van der Waals surface area contributed by atoms with Crippen molar-refractivity contribution in [1.82, 2.24) is 24.5 Å². The van der Waals surface area contributed by atoms with E-state index in [1.807, 2.05) is 67.6 Å². The van der Waals surface area contributed by atoms with Gasteiger partial charge in [-0.15, -0.1) is 0 Å². The van der Waals surface area contributed by atoms with Crippen LogP contribution in [0.25, 0.3) is 27.8 Å². The molecule has 0 amide bonds. The van der Waals surface area contributed by atoms with Gasteiger partial charge < -0.3 is 5.32 Å². The number of imidazole rings is 1. The molecule has 6 nitrogen and oxygen atoms in total. The molecule has 32 heavy (non-hydrogen) atoms. The zero-order valence-corrected chi connectivity index (χ0v) is 18.1. The van der Waals surface area contributed by atoms with Crippen LogP contribution >= 0.6 is 11.6 Å². The standard InChI is InChI=1S/C25H20ClN5O/c1-16(29-17(2)22-15-27-23-12-7-13-28-31(22)23)21-14-18-8-6-11-20(26)24(18)25(32)30(21)19-9-4-3-5-10-19/h3-16,29H,2H2,1H3/t16-/m0/s1. The monoisotopic (exact) mass is 441 g/mol. The molecule has 1 N–H and O–H groups in total. The van der Waals surface area contributed by atoms with Crippen molar-refractivity contribution in [2.24, 2.45) is 0 Å². The highest BCUT2D eigenvalue weighted by Crippen LogP contribution is 2.26. The lowest BCUT2D eigenvalue weighted by Gasteiger charge is -2.22. The number of pyridine rings is 1. The average Bonchev–Trinajstić information content (AvgIpc) is 3.24. The molecule has 0 unspecified atom stereocenters. The molecule has 0 aliphatic heterocycles. The van der Waals surface area contributed by atoms with Gasteiger partial charge in [0.2, 0.25) is 0 Å². The lowest BCUT2D eigenvalue weighted by atomic mass is 10.1. The Bertz CT molecular complexity index is 1520. The molecule has 0 saturated carbocycles. The maximum Gasteiger partial charge on any atom is 0.264 e. The topological polar surface area (TPSA) is 64.2 Å². The van der Waals surface area contributed by atoms with E-state index in [4.69, 9.17) is 11.6 Å². The van der Waals surface area contributed by atoms with Crippen LogP contribution < -0.4 is 10.9 Å². The van der Waals surface area contributed by atoms with E-state index in [-0.39, 0.29) is 11.6 Å². The Labute approximate surface area is 189 Å². The van der Waals surface area contributed by atoms with Crippen LogP contribution in [0.1, 0.15) is 24.4 Å². The molecule has 0 spiro atoms. The van der Waals surface area contributed by atoms with Crippen LogP contribution in [0.3, 0.4) is 0 Å². The quantitative estimate of drug-likeness (QED) is 0.416. The molecule has 0 saturated heterocycles. The number of benzene rings is 2. The van der Waals surface area contributed by atoms with E-state index in [9.17, 15) is 4.79 Å². The van der Waals surface area contributed by atoms with Crippen molar-refractivity contribution in [3.63, 3.8) is 0 Å². The molecule has 5 rings (SSSR count). The summed E-state index contributed by atoms with van der Waals surface area (Å²) < 4.78 is 3.43. The molecule has 0 aliphatic carbocycles. The Balaban J connectivity index is 1.62. The van der Waals surface area contributed by atoms with Crippen LogP contribution in [0.5, 0.6) is 0 Å². The summed E-state index contributed by atoms with van der Waals surface area (Å²) in [6, 6.07) is 20.5. The fourth-order valence-corrected chi connectivity index (χ4v) is 4.21. The van der Waals surface area contributed by atoms with Crippen molar-refractivity contribution in [1.29, 1.82) is 0 Å². The van der Waals surface area contributed by atoms with Gasteiger partial charge in [-0.3, -0.25) is 9.36 Å².